The molecule has 0 spiro atoms. The van der Waals surface area contributed by atoms with Crippen molar-refractivity contribution in [3.05, 3.63) is 65.7 Å². The van der Waals surface area contributed by atoms with Crippen LogP contribution in [0.5, 0.6) is 0 Å². The molecule has 0 aromatic heterocycles. The third kappa shape index (κ3) is 3.60. The van der Waals surface area contributed by atoms with Crippen LogP contribution in [0.4, 0.5) is 5.69 Å². The Morgan fingerprint density at radius 2 is 1.47 bits per heavy atom. The van der Waals surface area contributed by atoms with Gasteiger partial charge in [0.2, 0.25) is 0 Å². The molecule has 0 saturated carbocycles. The number of rotatable bonds is 5. The van der Waals surface area contributed by atoms with Gasteiger partial charge in [0.05, 0.1) is 6.04 Å². The zero-order valence-corrected chi connectivity index (χ0v) is 12.1. The SMILES string of the molecule is CCC(Nc1ccc(C(C)C)cc1)c1ccccc1. The molecule has 0 bridgehead atoms. The molecule has 0 saturated heterocycles. The van der Waals surface area contributed by atoms with Crippen molar-refractivity contribution in [2.24, 2.45) is 0 Å². The van der Waals surface area contributed by atoms with Gasteiger partial charge in [0, 0.05) is 5.69 Å². The van der Waals surface area contributed by atoms with Crippen molar-refractivity contribution < 1.29 is 0 Å². The predicted octanol–water partition coefficient (Wildman–Crippen LogP) is 5.37. The molecule has 0 amide bonds. The highest BCUT2D eigenvalue weighted by atomic mass is 14.9. The van der Waals surface area contributed by atoms with E-state index in [2.05, 4.69) is 80.7 Å². The summed E-state index contributed by atoms with van der Waals surface area (Å²) in [7, 11) is 0. The first-order chi connectivity index (χ1) is 9.20. The summed E-state index contributed by atoms with van der Waals surface area (Å²) in [5.74, 6) is 0.588. The maximum Gasteiger partial charge on any atom is 0.0511 e. The summed E-state index contributed by atoms with van der Waals surface area (Å²) in [6, 6.07) is 19.8. The largest absolute Gasteiger partial charge is 0.378 e. The fraction of sp³-hybridized carbons (Fsp3) is 0.333. The molecule has 0 radical (unpaired) electrons. The second-order valence-electron chi connectivity index (χ2n) is 5.29. The molecular weight excluding hydrogens is 230 g/mol. The van der Waals surface area contributed by atoms with Crippen molar-refractivity contribution in [3.63, 3.8) is 0 Å². The highest BCUT2D eigenvalue weighted by molar-refractivity contribution is 5.47. The summed E-state index contributed by atoms with van der Waals surface area (Å²) >= 11 is 0. The van der Waals surface area contributed by atoms with Crippen molar-refractivity contribution in [3.8, 4) is 0 Å². The minimum Gasteiger partial charge on any atom is -0.378 e. The molecule has 0 aliphatic heterocycles. The van der Waals surface area contributed by atoms with E-state index in [1.807, 2.05) is 0 Å². The third-order valence-corrected chi connectivity index (χ3v) is 3.53. The van der Waals surface area contributed by atoms with Crippen LogP contribution in [0.3, 0.4) is 0 Å². The normalized spacial score (nSPS) is 12.4. The van der Waals surface area contributed by atoms with E-state index in [1.165, 1.54) is 16.8 Å². The number of hydrogen-bond acceptors (Lipinski definition) is 1. The Hall–Kier alpha value is -1.76. The molecule has 19 heavy (non-hydrogen) atoms. The molecule has 0 aliphatic rings. The fourth-order valence-corrected chi connectivity index (χ4v) is 2.27. The molecule has 1 atom stereocenters. The van der Waals surface area contributed by atoms with E-state index in [1.54, 1.807) is 0 Å². The summed E-state index contributed by atoms with van der Waals surface area (Å²) in [6.45, 7) is 6.66. The van der Waals surface area contributed by atoms with Crippen LogP contribution in [0.25, 0.3) is 0 Å². The van der Waals surface area contributed by atoms with Crippen LogP contribution in [-0.4, -0.2) is 0 Å². The van der Waals surface area contributed by atoms with Gasteiger partial charge in [-0.15, -0.1) is 0 Å². The molecule has 1 heteroatoms. The van der Waals surface area contributed by atoms with E-state index in [4.69, 9.17) is 0 Å². The lowest BCUT2D eigenvalue weighted by molar-refractivity contribution is 0.749. The molecule has 0 aliphatic carbocycles. The van der Waals surface area contributed by atoms with E-state index >= 15 is 0 Å². The Kier molecular flexibility index (Phi) is 4.62. The number of anilines is 1. The van der Waals surface area contributed by atoms with Crippen molar-refractivity contribution in [2.75, 3.05) is 5.32 Å². The summed E-state index contributed by atoms with van der Waals surface area (Å²) in [6.07, 6.45) is 1.08. The number of nitrogens with one attached hydrogen (secondary N) is 1. The molecule has 0 fully saturated rings. The van der Waals surface area contributed by atoms with Crippen LogP contribution in [0, 0.1) is 0 Å². The lowest BCUT2D eigenvalue weighted by Crippen LogP contribution is -2.09. The number of hydrogen-bond donors (Lipinski definition) is 1. The van der Waals surface area contributed by atoms with Crippen LogP contribution >= 0.6 is 0 Å². The summed E-state index contributed by atoms with van der Waals surface area (Å²) in [4.78, 5) is 0. The van der Waals surface area contributed by atoms with Gasteiger partial charge in [-0.3, -0.25) is 0 Å². The Morgan fingerprint density at radius 3 is 2.00 bits per heavy atom. The van der Waals surface area contributed by atoms with Crippen molar-refractivity contribution in [2.45, 2.75) is 39.2 Å². The predicted molar refractivity (Wildman–Crippen MR) is 83.6 cm³/mol. The first-order valence-corrected chi connectivity index (χ1v) is 7.12. The first-order valence-electron chi connectivity index (χ1n) is 7.12. The van der Waals surface area contributed by atoms with E-state index in [0.29, 0.717) is 12.0 Å². The highest BCUT2D eigenvalue weighted by Crippen LogP contribution is 2.24. The summed E-state index contributed by atoms with van der Waals surface area (Å²) in [5.41, 5.74) is 3.93. The summed E-state index contributed by atoms with van der Waals surface area (Å²) < 4.78 is 0. The molecule has 2 aromatic carbocycles. The van der Waals surface area contributed by atoms with Gasteiger partial charge in [-0.25, -0.2) is 0 Å². The van der Waals surface area contributed by atoms with Gasteiger partial charge in [0.1, 0.15) is 0 Å². The highest BCUT2D eigenvalue weighted by Gasteiger charge is 2.08. The lowest BCUT2D eigenvalue weighted by atomic mass is 10.0. The van der Waals surface area contributed by atoms with Gasteiger partial charge < -0.3 is 5.32 Å². The average molecular weight is 253 g/mol. The van der Waals surface area contributed by atoms with Crippen LogP contribution in [-0.2, 0) is 0 Å². The average Bonchev–Trinajstić information content (AvgIpc) is 2.46. The van der Waals surface area contributed by atoms with Crippen molar-refractivity contribution in [1.29, 1.82) is 0 Å². The van der Waals surface area contributed by atoms with Crippen LogP contribution in [0.2, 0.25) is 0 Å². The van der Waals surface area contributed by atoms with E-state index < -0.39 is 0 Å². The van der Waals surface area contributed by atoms with Crippen LogP contribution in [0.1, 0.15) is 50.3 Å². The third-order valence-electron chi connectivity index (χ3n) is 3.53. The Labute approximate surface area is 116 Å². The Bertz CT molecular complexity index is 485. The summed E-state index contributed by atoms with van der Waals surface area (Å²) in [5, 5.41) is 3.61. The van der Waals surface area contributed by atoms with E-state index in [9.17, 15) is 0 Å². The maximum absolute atomic E-state index is 3.61. The van der Waals surface area contributed by atoms with Gasteiger partial charge >= 0.3 is 0 Å². The topological polar surface area (TPSA) is 12.0 Å². The zero-order chi connectivity index (χ0) is 13.7. The fourth-order valence-electron chi connectivity index (χ4n) is 2.27. The second-order valence-corrected chi connectivity index (χ2v) is 5.29. The quantitative estimate of drug-likeness (QED) is 0.755. The second kappa shape index (κ2) is 6.42. The van der Waals surface area contributed by atoms with Gasteiger partial charge in [-0.05, 0) is 35.6 Å². The smallest absolute Gasteiger partial charge is 0.0511 e. The monoisotopic (exact) mass is 253 g/mol. The molecule has 0 heterocycles. The molecule has 100 valence electrons. The van der Waals surface area contributed by atoms with Crippen molar-refractivity contribution in [1.82, 2.24) is 0 Å². The molecule has 2 aromatic rings. The first kappa shape index (κ1) is 13.7. The van der Waals surface area contributed by atoms with Gasteiger partial charge in [0.15, 0.2) is 0 Å². The molecule has 2 rings (SSSR count). The van der Waals surface area contributed by atoms with Crippen LogP contribution in [0.15, 0.2) is 54.6 Å². The van der Waals surface area contributed by atoms with Gasteiger partial charge in [0.25, 0.3) is 0 Å². The lowest BCUT2D eigenvalue weighted by Gasteiger charge is -2.19. The minimum absolute atomic E-state index is 0.381. The van der Waals surface area contributed by atoms with Gasteiger partial charge in [-0.1, -0.05) is 63.2 Å². The molecule has 1 unspecified atom stereocenters. The van der Waals surface area contributed by atoms with Gasteiger partial charge in [-0.2, -0.15) is 0 Å². The zero-order valence-electron chi connectivity index (χ0n) is 12.1. The number of benzene rings is 2. The Morgan fingerprint density at radius 1 is 0.842 bits per heavy atom. The molecular formula is C18H23N. The standard InChI is InChI=1S/C18H23N/c1-4-18(16-8-6-5-7-9-16)19-17-12-10-15(11-13-17)14(2)3/h5-14,18-19H,4H2,1-3H3. The molecule has 1 nitrogen and oxygen atoms in total. The Balaban J connectivity index is 2.10. The van der Waals surface area contributed by atoms with Crippen LogP contribution < -0.4 is 5.32 Å². The maximum atomic E-state index is 3.61. The molecule has 1 N–H and O–H groups in total. The van der Waals surface area contributed by atoms with E-state index in [-0.39, 0.29) is 0 Å². The minimum atomic E-state index is 0.381. The van der Waals surface area contributed by atoms with Crippen molar-refractivity contribution >= 4 is 5.69 Å². The van der Waals surface area contributed by atoms with E-state index in [0.717, 1.165) is 6.42 Å².